The van der Waals surface area contributed by atoms with Crippen LogP contribution in [0.3, 0.4) is 0 Å². The minimum absolute atomic E-state index is 0.193. The number of aryl methyl sites for hydroxylation is 1. The van der Waals surface area contributed by atoms with Gasteiger partial charge in [-0.1, -0.05) is 30.3 Å². The highest BCUT2D eigenvalue weighted by Crippen LogP contribution is 2.21. The molecule has 0 aliphatic carbocycles. The second-order valence-corrected chi connectivity index (χ2v) is 4.50. The maximum absolute atomic E-state index is 12.0. The van der Waals surface area contributed by atoms with E-state index in [1.807, 2.05) is 0 Å². The fourth-order valence-electron chi connectivity index (χ4n) is 2.08. The molecule has 0 aliphatic rings. The van der Waals surface area contributed by atoms with E-state index in [0.717, 1.165) is 16.8 Å². The van der Waals surface area contributed by atoms with E-state index >= 15 is 0 Å². The molecule has 0 amide bonds. The Bertz CT molecular complexity index is 752. The van der Waals surface area contributed by atoms with Crippen LogP contribution in [-0.2, 0) is 4.79 Å². The molecule has 0 saturated heterocycles. The molecule has 7 nitrogen and oxygen atoms in total. The molecule has 0 bridgehead atoms. The maximum Gasteiger partial charge on any atom is 0.331 e. The van der Waals surface area contributed by atoms with Crippen LogP contribution in [0.15, 0.2) is 47.4 Å². The molecular formula is C14H12N2O5. The lowest BCUT2D eigenvalue weighted by Crippen LogP contribution is -2.30. The Morgan fingerprint density at radius 3 is 2.48 bits per heavy atom. The zero-order chi connectivity index (χ0) is 15.6. The van der Waals surface area contributed by atoms with E-state index in [4.69, 9.17) is 0 Å². The zero-order valence-electron chi connectivity index (χ0n) is 11.1. The van der Waals surface area contributed by atoms with E-state index in [1.165, 1.54) is 6.92 Å². The average Bonchev–Trinajstić information content (AvgIpc) is 2.42. The molecule has 7 heteroatoms. The van der Waals surface area contributed by atoms with Gasteiger partial charge in [-0.25, -0.2) is 4.79 Å². The number of carbonyl (C=O) groups is 1. The monoisotopic (exact) mass is 288 g/mol. The lowest BCUT2D eigenvalue weighted by atomic mass is 10.1. The molecule has 1 unspecified atom stereocenters. The van der Waals surface area contributed by atoms with Crippen molar-refractivity contribution in [3.05, 3.63) is 74.2 Å². The molecule has 21 heavy (non-hydrogen) atoms. The van der Waals surface area contributed by atoms with E-state index in [-0.39, 0.29) is 11.3 Å². The summed E-state index contributed by atoms with van der Waals surface area (Å²) in [5.74, 6) is -1.26. The Balaban J connectivity index is 2.67. The number of pyridine rings is 1. The number of carboxylic acids is 1. The van der Waals surface area contributed by atoms with Gasteiger partial charge in [0.25, 0.3) is 11.2 Å². The van der Waals surface area contributed by atoms with Crippen molar-refractivity contribution in [3.8, 4) is 0 Å². The van der Waals surface area contributed by atoms with Crippen LogP contribution in [0.5, 0.6) is 0 Å². The predicted octanol–water partition coefficient (Wildman–Crippen LogP) is 1.74. The van der Waals surface area contributed by atoms with Gasteiger partial charge < -0.3 is 5.11 Å². The second kappa shape index (κ2) is 5.58. The van der Waals surface area contributed by atoms with Crippen molar-refractivity contribution >= 4 is 11.7 Å². The first-order valence-electron chi connectivity index (χ1n) is 6.06. The average molecular weight is 288 g/mol. The van der Waals surface area contributed by atoms with Crippen LogP contribution < -0.4 is 5.56 Å². The Labute approximate surface area is 119 Å². The minimum Gasteiger partial charge on any atom is -0.479 e. The zero-order valence-corrected chi connectivity index (χ0v) is 11.1. The summed E-state index contributed by atoms with van der Waals surface area (Å²) in [4.78, 5) is 33.8. The molecule has 1 aromatic heterocycles. The molecule has 2 rings (SSSR count). The second-order valence-electron chi connectivity index (χ2n) is 4.50. The van der Waals surface area contributed by atoms with Gasteiger partial charge in [-0.05, 0) is 12.5 Å². The van der Waals surface area contributed by atoms with E-state index in [2.05, 4.69) is 0 Å². The summed E-state index contributed by atoms with van der Waals surface area (Å²) in [6, 6.07) is 7.85. The first kappa shape index (κ1) is 14.4. The molecule has 2 aromatic rings. The lowest BCUT2D eigenvalue weighted by Gasteiger charge is -2.16. The third-order valence-electron chi connectivity index (χ3n) is 3.08. The smallest absolute Gasteiger partial charge is 0.331 e. The highest BCUT2D eigenvalue weighted by Gasteiger charge is 2.25. The fraction of sp³-hybridized carbons (Fsp3) is 0.143. The van der Waals surface area contributed by atoms with Gasteiger partial charge >= 0.3 is 5.97 Å². The fourth-order valence-corrected chi connectivity index (χ4v) is 2.08. The number of hydrogen-bond acceptors (Lipinski definition) is 4. The molecule has 1 N–H and O–H groups in total. The number of aliphatic carboxylic acids is 1. The topological polar surface area (TPSA) is 102 Å². The molecule has 0 fully saturated rings. The van der Waals surface area contributed by atoms with Crippen molar-refractivity contribution < 1.29 is 14.8 Å². The number of carboxylic acid groups (broad SMARTS) is 1. The summed E-state index contributed by atoms with van der Waals surface area (Å²) < 4.78 is 0.864. The van der Waals surface area contributed by atoms with Gasteiger partial charge in [-0.15, -0.1) is 0 Å². The van der Waals surface area contributed by atoms with Crippen molar-refractivity contribution in [2.75, 3.05) is 0 Å². The first-order valence-corrected chi connectivity index (χ1v) is 6.06. The molecular weight excluding hydrogens is 276 g/mol. The predicted molar refractivity (Wildman–Crippen MR) is 74.3 cm³/mol. The largest absolute Gasteiger partial charge is 0.479 e. The van der Waals surface area contributed by atoms with Crippen molar-refractivity contribution in [1.82, 2.24) is 4.57 Å². The van der Waals surface area contributed by atoms with Gasteiger partial charge in [0.2, 0.25) is 0 Å². The Hall–Kier alpha value is -2.96. The Morgan fingerprint density at radius 1 is 1.33 bits per heavy atom. The lowest BCUT2D eigenvalue weighted by molar-refractivity contribution is -0.385. The Morgan fingerprint density at radius 2 is 1.95 bits per heavy atom. The van der Waals surface area contributed by atoms with E-state index in [1.54, 1.807) is 30.3 Å². The van der Waals surface area contributed by atoms with Crippen LogP contribution in [0, 0.1) is 17.0 Å². The van der Waals surface area contributed by atoms with Crippen molar-refractivity contribution in [2.45, 2.75) is 13.0 Å². The van der Waals surface area contributed by atoms with Gasteiger partial charge in [-0.2, -0.15) is 0 Å². The molecule has 0 radical (unpaired) electrons. The van der Waals surface area contributed by atoms with Crippen LogP contribution in [0.2, 0.25) is 0 Å². The number of benzene rings is 1. The summed E-state index contributed by atoms with van der Waals surface area (Å²) in [6.07, 6.45) is 0.976. The molecule has 1 heterocycles. The quantitative estimate of drug-likeness (QED) is 0.681. The molecule has 108 valence electrons. The first-order chi connectivity index (χ1) is 9.91. The molecule has 0 aliphatic heterocycles. The van der Waals surface area contributed by atoms with Gasteiger partial charge in [-0.3, -0.25) is 19.5 Å². The maximum atomic E-state index is 12.0. The van der Waals surface area contributed by atoms with Crippen LogP contribution in [0.1, 0.15) is 17.2 Å². The summed E-state index contributed by atoms with van der Waals surface area (Å²) in [7, 11) is 0. The third kappa shape index (κ3) is 2.81. The van der Waals surface area contributed by atoms with Crippen molar-refractivity contribution in [2.24, 2.45) is 0 Å². The highest BCUT2D eigenvalue weighted by molar-refractivity contribution is 5.76. The van der Waals surface area contributed by atoms with Crippen molar-refractivity contribution in [3.63, 3.8) is 0 Å². The van der Waals surface area contributed by atoms with Crippen LogP contribution >= 0.6 is 0 Å². The number of aromatic nitrogens is 1. The van der Waals surface area contributed by atoms with Crippen LogP contribution in [0.25, 0.3) is 0 Å². The molecule has 0 spiro atoms. The standard InChI is InChI=1S/C14H12N2O5/c1-9-7-12(17)15(8-11(9)16(20)21)13(14(18)19)10-5-3-2-4-6-10/h2-8,13H,1H3,(H,18,19). The van der Waals surface area contributed by atoms with Gasteiger partial charge in [0, 0.05) is 11.6 Å². The molecule has 1 aromatic carbocycles. The summed E-state index contributed by atoms with van der Waals surface area (Å²) in [5.41, 5.74) is -0.338. The van der Waals surface area contributed by atoms with Gasteiger partial charge in [0.05, 0.1) is 11.1 Å². The normalized spacial score (nSPS) is 11.9. The van der Waals surface area contributed by atoms with Crippen molar-refractivity contribution in [1.29, 1.82) is 0 Å². The van der Waals surface area contributed by atoms with Gasteiger partial charge in [0.15, 0.2) is 6.04 Å². The SMILES string of the molecule is Cc1cc(=O)n(C(C(=O)O)c2ccccc2)cc1[N+](=O)[O-]. The van der Waals surface area contributed by atoms with Crippen LogP contribution in [0.4, 0.5) is 5.69 Å². The van der Waals surface area contributed by atoms with E-state index in [0.29, 0.717) is 5.56 Å². The van der Waals surface area contributed by atoms with Crippen LogP contribution in [-0.4, -0.2) is 20.6 Å². The number of rotatable bonds is 4. The highest BCUT2D eigenvalue weighted by atomic mass is 16.6. The Kier molecular flexibility index (Phi) is 3.84. The number of hydrogen-bond donors (Lipinski definition) is 1. The molecule has 1 atom stereocenters. The molecule has 0 saturated carbocycles. The van der Waals surface area contributed by atoms with E-state index in [9.17, 15) is 24.8 Å². The number of nitro groups is 1. The summed E-state index contributed by atoms with van der Waals surface area (Å²) in [6.45, 7) is 1.43. The number of nitrogens with zero attached hydrogens (tertiary/aromatic N) is 2. The minimum atomic E-state index is -1.31. The van der Waals surface area contributed by atoms with E-state index < -0.39 is 22.5 Å². The summed E-state index contributed by atoms with van der Waals surface area (Å²) in [5, 5.41) is 20.3. The van der Waals surface area contributed by atoms with Gasteiger partial charge in [0.1, 0.15) is 0 Å². The third-order valence-corrected chi connectivity index (χ3v) is 3.08. The summed E-state index contributed by atoms with van der Waals surface area (Å²) >= 11 is 0.